The van der Waals surface area contributed by atoms with E-state index >= 15 is 0 Å². The van der Waals surface area contributed by atoms with Gasteiger partial charge in [-0.25, -0.2) is 13.1 Å². The van der Waals surface area contributed by atoms with Gasteiger partial charge in [-0.05, 0) is 47.9 Å². The van der Waals surface area contributed by atoms with Gasteiger partial charge < -0.3 is 10.5 Å². The summed E-state index contributed by atoms with van der Waals surface area (Å²) >= 11 is 0. The predicted octanol–water partition coefficient (Wildman–Crippen LogP) is 2.07. The second-order valence-corrected chi connectivity index (χ2v) is 8.83. The summed E-state index contributed by atoms with van der Waals surface area (Å²) in [4.78, 5) is 11.1. The Balaban J connectivity index is 2.10. The van der Waals surface area contributed by atoms with E-state index in [9.17, 15) is 13.2 Å². The van der Waals surface area contributed by atoms with Crippen LogP contribution in [0, 0.1) is 0 Å². The molecule has 0 saturated carbocycles. The number of ether oxygens (including phenoxy) is 1. The van der Waals surface area contributed by atoms with E-state index in [1.807, 2.05) is 44.2 Å². The first-order valence-electron chi connectivity index (χ1n) is 9.37. The first kappa shape index (κ1) is 22.1. The molecule has 0 radical (unpaired) electrons. The highest BCUT2D eigenvalue weighted by atomic mass is 32.2. The fourth-order valence-electron chi connectivity index (χ4n) is 2.88. The number of benzene rings is 2. The van der Waals surface area contributed by atoms with Crippen molar-refractivity contribution in [2.75, 3.05) is 19.3 Å². The van der Waals surface area contributed by atoms with Crippen molar-refractivity contribution in [2.24, 2.45) is 5.73 Å². The zero-order chi connectivity index (χ0) is 20.7. The van der Waals surface area contributed by atoms with E-state index in [4.69, 9.17) is 10.5 Å². The summed E-state index contributed by atoms with van der Waals surface area (Å²) in [5.41, 5.74) is 6.28. The number of amides is 1. The summed E-state index contributed by atoms with van der Waals surface area (Å²) < 4.78 is 32.1. The summed E-state index contributed by atoms with van der Waals surface area (Å²) in [6.45, 7) is 4.21. The highest BCUT2D eigenvalue weighted by Crippen LogP contribution is 2.25. The molecule has 154 valence electrons. The van der Waals surface area contributed by atoms with Crippen LogP contribution in [0.5, 0.6) is 5.75 Å². The fraction of sp³-hybridized carbons (Fsp3) is 0.450. The SMILES string of the molecule is CCCS(=O)(=O)NCC(C)c1ccc2cc(OC(CC(N)=O)NC)ccc2c1. The van der Waals surface area contributed by atoms with E-state index in [-0.39, 0.29) is 18.1 Å². The van der Waals surface area contributed by atoms with E-state index in [1.54, 1.807) is 7.05 Å². The Bertz CT molecular complexity index is 915. The van der Waals surface area contributed by atoms with E-state index in [0.29, 0.717) is 18.7 Å². The van der Waals surface area contributed by atoms with Crippen LogP contribution >= 0.6 is 0 Å². The molecule has 28 heavy (non-hydrogen) atoms. The minimum Gasteiger partial charge on any atom is -0.475 e. The number of fused-ring (bicyclic) bond motifs is 1. The largest absolute Gasteiger partial charge is 0.475 e. The number of primary amides is 1. The number of rotatable bonds is 11. The molecule has 0 aliphatic carbocycles. The molecule has 8 heteroatoms. The van der Waals surface area contributed by atoms with Crippen LogP contribution < -0.4 is 20.5 Å². The summed E-state index contributed by atoms with van der Waals surface area (Å²) in [6.07, 6.45) is 0.196. The van der Waals surface area contributed by atoms with Gasteiger partial charge in [0.25, 0.3) is 0 Å². The second-order valence-electron chi connectivity index (χ2n) is 6.90. The Morgan fingerprint density at radius 2 is 1.86 bits per heavy atom. The van der Waals surface area contributed by atoms with Crippen LogP contribution in [-0.2, 0) is 14.8 Å². The number of sulfonamides is 1. The standard InChI is InChI=1S/C20H29N3O4S/c1-4-9-28(25,26)23-13-14(2)15-5-6-17-11-18(8-7-16(17)10-15)27-20(22-3)12-19(21)24/h5-8,10-11,14,20,22-23H,4,9,12-13H2,1-3H3,(H2,21,24). The van der Waals surface area contributed by atoms with Gasteiger partial charge in [-0.2, -0.15) is 0 Å². The van der Waals surface area contributed by atoms with E-state index < -0.39 is 22.2 Å². The average molecular weight is 408 g/mol. The highest BCUT2D eigenvalue weighted by Gasteiger charge is 2.14. The smallest absolute Gasteiger partial charge is 0.222 e. The van der Waals surface area contributed by atoms with Crippen LogP contribution in [0.4, 0.5) is 0 Å². The maximum absolute atomic E-state index is 11.8. The molecule has 0 aliphatic rings. The molecule has 2 unspecified atom stereocenters. The number of nitrogens with one attached hydrogen (secondary N) is 2. The van der Waals surface area contributed by atoms with Gasteiger partial charge in [-0.3, -0.25) is 10.1 Å². The van der Waals surface area contributed by atoms with E-state index in [0.717, 1.165) is 16.3 Å². The van der Waals surface area contributed by atoms with Crippen molar-refractivity contribution in [3.8, 4) is 5.75 Å². The molecule has 0 aliphatic heterocycles. The molecule has 0 spiro atoms. The van der Waals surface area contributed by atoms with Crippen LogP contribution in [0.1, 0.15) is 38.2 Å². The Hall–Kier alpha value is -2.16. The Labute approximate surface area is 166 Å². The molecule has 0 fully saturated rings. The van der Waals surface area contributed by atoms with Gasteiger partial charge in [0.05, 0.1) is 12.2 Å². The number of carbonyl (C=O) groups excluding carboxylic acids is 1. The second kappa shape index (κ2) is 9.86. The summed E-state index contributed by atoms with van der Waals surface area (Å²) in [6, 6.07) is 11.7. The lowest BCUT2D eigenvalue weighted by molar-refractivity contribution is -0.119. The van der Waals surface area contributed by atoms with Crippen molar-refractivity contribution in [1.29, 1.82) is 0 Å². The molecule has 2 rings (SSSR count). The third kappa shape index (κ3) is 6.47. The third-order valence-corrected chi connectivity index (χ3v) is 6.03. The molecule has 0 heterocycles. The van der Waals surface area contributed by atoms with Crippen LogP contribution in [0.3, 0.4) is 0 Å². The molecular weight excluding hydrogens is 378 g/mol. The maximum atomic E-state index is 11.8. The third-order valence-electron chi connectivity index (χ3n) is 4.47. The Morgan fingerprint density at radius 1 is 1.18 bits per heavy atom. The summed E-state index contributed by atoms with van der Waals surface area (Å²) in [5.74, 6) is 0.398. The quantitative estimate of drug-likeness (QED) is 0.494. The van der Waals surface area contributed by atoms with Crippen molar-refractivity contribution in [3.05, 3.63) is 42.0 Å². The lowest BCUT2D eigenvalue weighted by Gasteiger charge is -2.18. The van der Waals surface area contributed by atoms with Crippen LogP contribution in [0.15, 0.2) is 36.4 Å². The van der Waals surface area contributed by atoms with Gasteiger partial charge in [-0.15, -0.1) is 0 Å². The summed E-state index contributed by atoms with van der Waals surface area (Å²) in [5, 5.41) is 4.94. The van der Waals surface area contributed by atoms with Crippen LogP contribution in [0.25, 0.3) is 10.8 Å². The summed E-state index contributed by atoms with van der Waals surface area (Å²) in [7, 11) is -1.51. The molecule has 0 aromatic heterocycles. The lowest BCUT2D eigenvalue weighted by Crippen LogP contribution is -2.35. The molecule has 2 aromatic carbocycles. The number of hydrogen-bond acceptors (Lipinski definition) is 5. The first-order chi connectivity index (χ1) is 13.2. The molecule has 2 aromatic rings. The zero-order valence-electron chi connectivity index (χ0n) is 16.6. The average Bonchev–Trinajstić information content (AvgIpc) is 2.64. The fourth-order valence-corrected chi connectivity index (χ4v) is 4.07. The van der Waals surface area contributed by atoms with Crippen molar-refractivity contribution >= 4 is 26.7 Å². The maximum Gasteiger partial charge on any atom is 0.222 e. The Morgan fingerprint density at radius 3 is 2.50 bits per heavy atom. The molecule has 7 nitrogen and oxygen atoms in total. The molecule has 2 atom stereocenters. The molecule has 4 N–H and O–H groups in total. The van der Waals surface area contributed by atoms with E-state index in [2.05, 4.69) is 16.1 Å². The molecule has 1 amide bonds. The molecule has 0 saturated heterocycles. The van der Waals surface area contributed by atoms with Crippen molar-refractivity contribution in [2.45, 2.75) is 38.8 Å². The van der Waals surface area contributed by atoms with Crippen LogP contribution in [0.2, 0.25) is 0 Å². The highest BCUT2D eigenvalue weighted by molar-refractivity contribution is 7.89. The zero-order valence-corrected chi connectivity index (χ0v) is 17.4. The lowest BCUT2D eigenvalue weighted by atomic mass is 9.98. The van der Waals surface area contributed by atoms with Crippen LogP contribution in [-0.4, -0.2) is 39.9 Å². The monoisotopic (exact) mass is 407 g/mol. The van der Waals surface area contributed by atoms with E-state index in [1.165, 1.54) is 0 Å². The first-order valence-corrected chi connectivity index (χ1v) is 11.0. The number of nitrogens with two attached hydrogens (primary N) is 1. The minimum absolute atomic E-state index is 0.0520. The Kier molecular flexibility index (Phi) is 7.79. The van der Waals surface area contributed by atoms with Gasteiger partial charge in [-0.1, -0.05) is 38.1 Å². The predicted molar refractivity (Wildman–Crippen MR) is 112 cm³/mol. The molecule has 0 bridgehead atoms. The van der Waals surface area contributed by atoms with Gasteiger partial charge in [0.1, 0.15) is 5.75 Å². The van der Waals surface area contributed by atoms with Crippen molar-refractivity contribution in [1.82, 2.24) is 10.0 Å². The minimum atomic E-state index is -3.21. The van der Waals surface area contributed by atoms with Gasteiger partial charge in [0, 0.05) is 6.54 Å². The topological polar surface area (TPSA) is 111 Å². The van der Waals surface area contributed by atoms with Gasteiger partial charge >= 0.3 is 0 Å². The van der Waals surface area contributed by atoms with Gasteiger partial charge in [0.2, 0.25) is 15.9 Å². The molecular formula is C20H29N3O4S. The van der Waals surface area contributed by atoms with Crippen molar-refractivity contribution in [3.63, 3.8) is 0 Å². The van der Waals surface area contributed by atoms with Gasteiger partial charge in [0.15, 0.2) is 6.23 Å². The van der Waals surface area contributed by atoms with Crippen molar-refractivity contribution < 1.29 is 17.9 Å². The number of hydrogen-bond donors (Lipinski definition) is 3. The normalized spacial score (nSPS) is 14.0. The number of carbonyl (C=O) groups is 1.